The lowest BCUT2D eigenvalue weighted by molar-refractivity contribution is -0.117. The molecule has 0 radical (unpaired) electrons. The monoisotopic (exact) mass is 187 g/mol. The number of aliphatic imine (C=N–C) groups is 1. The molecule has 1 atom stereocenters. The van der Waals surface area contributed by atoms with Crippen LogP contribution in [0.25, 0.3) is 0 Å². The van der Waals surface area contributed by atoms with Gasteiger partial charge in [-0.25, -0.2) is 4.99 Å². The maximum absolute atomic E-state index is 10.6. The summed E-state index contributed by atoms with van der Waals surface area (Å²) in [6.45, 7) is -0.610. The Labute approximate surface area is 75.1 Å². The average molecular weight is 187 g/mol. The molecule has 7 nitrogen and oxygen atoms in total. The molecule has 0 spiro atoms. The number of aliphatic hydroxyl groups is 1. The third-order valence-corrected chi connectivity index (χ3v) is 1.30. The largest absolute Gasteiger partial charge is 0.390 e. The molecule has 13 heavy (non-hydrogen) atoms. The molecule has 8 N–H and O–H groups in total. The second kappa shape index (κ2) is 5.36. The molecule has 0 saturated heterocycles. The van der Waals surface area contributed by atoms with Gasteiger partial charge in [0, 0.05) is 0 Å². The number of aliphatic hydroxyl groups excluding tert-OH is 1. The van der Waals surface area contributed by atoms with Crippen LogP contribution in [0.15, 0.2) is 4.99 Å². The highest BCUT2D eigenvalue weighted by atomic mass is 16.3. The average Bonchev–Trinajstić information content (AvgIpc) is 2.12. The van der Waals surface area contributed by atoms with Crippen LogP contribution in [-0.4, -0.2) is 41.8 Å². The number of primary amides is 1. The van der Waals surface area contributed by atoms with E-state index in [4.69, 9.17) is 27.7 Å². The number of nitrogens with one attached hydrogen (secondary N) is 1. The third kappa shape index (κ3) is 3.74. The maximum atomic E-state index is 10.6. The summed E-state index contributed by atoms with van der Waals surface area (Å²) in [5.41, 5.74) is 15.2. The highest BCUT2D eigenvalue weighted by Gasteiger charge is 2.16. The Morgan fingerprint density at radius 3 is 2.46 bits per heavy atom. The molecular formula is C6H13N5O2. The quantitative estimate of drug-likeness (QED) is 0.238. The summed E-state index contributed by atoms with van der Waals surface area (Å²) in [5, 5.41) is 15.8. The number of nitrogens with zero attached hydrogens (tertiary/aromatic N) is 1. The molecule has 1 unspecified atom stereocenters. The van der Waals surface area contributed by atoms with Gasteiger partial charge in [0.1, 0.15) is 11.9 Å². The lowest BCUT2D eigenvalue weighted by Gasteiger charge is -2.08. The minimum absolute atomic E-state index is 0.0528. The molecule has 0 aliphatic carbocycles. The van der Waals surface area contributed by atoms with Crippen molar-refractivity contribution in [2.24, 2.45) is 22.2 Å². The van der Waals surface area contributed by atoms with E-state index < -0.39 is 18.6 Å². The van der Waals surface area contributed by atoms with Crippen LogP contribution >= 0.6 is 0 Å². The summed E-state index contributed by atoms with van der Waals surface area (Å²) in [4.78, 5) is 14.1. The zero-order valence-corrected chi connectivity index (χ0v) is 7.03. The number of hydrogen-bond donors (Lipinski definition) is 5. The van der Waals surface area contributed by atoms with Gasteiger partial charge < -0.3 is 22.3 Å². The van der Waals surface area contributed by atoms with Crippen LogP contribution < -0.4 is 17.2 Å². The van der Waals surface area contributed by atoms with Crippen molar-refractivity contribution in [2.75, 3.05) is 13.2 Å². The van der Waals surface area contributed by atoms with Gasteiger partial charge in [0.2, 0.25) is 5.91 Å². The van der Waals surface area contributed by atoms with E-state index in [9.17, 15) is 4.79 Å². The predicted octanol–water partition coefficient (Wildman–Crippen LogP) is -2.83. The van der Waals surface area contributed by atoms with Crippen molar-refractivity contribution >= 4 is 17.5 Å². The van der Waals surface area contributed by atoms with E-state index in [1.54, 1.807) is 0 Å². The van der Waals surface area contributed by atoms with E-state index in [0.29, 0.717) is 0 Å². The molecule has 0 aliphatic heterocycles. The SMILES string of the molecule is N=C(CN)N=C(CO)C(N)C(N)=O. The lowest BCUT2D eigenvalue weighted by Crippen LogP contribution is -2.45. The molecule has 0 aromatic carbocycles. The van der Waals surface area contributed by atoms with Crippen molar-refractivity contribution < 1.29 is 9.90 Å². The summed E-state index contributed by atoms with van der Waals surface area (Å²) in [5.74, 6) is -0.974. The second-order valence-electron chi connectivity index (χ2n) is 2.29. The minimum Gasteiger partial charge on any atom is -0.390 e. The standard InChI is InChI=1S/C6H13N5O2/c7-1-4(8)11-3(2-12)5(9)6(10)13/h5,8,12H,1-2,7,9H2,(H2,10,13). The van der Waals surface area contributed by atoms with Gasteiger partial charge in [-0.2, -0.15) is 0 Å². The van der Waals surface area contributed by atoms with Gasteiger partial charge in [0.15, 0.2) is 0 Å². The van der Waals surface area contributed by atoms with E-state index >= 15 is 0 Å². The highest BCUT2D eigenvalue weighted by molar-refractivity contribution is 6.11. The van der Waals surface area contributed by atoms with Gasteiger partial charge in [-0.3, -0.25) is 10.2 Å². The molecule has 0 aromatic rings. The van der Waals surface area contributed by atoms with Gasteiger partial charge in [0.05, 0.1) is 18.9 Å². The highest BCUT2D eigenvalue weighted by Crippen LogP contribution is 1.86. The van der Waals surface area contributed by atoms with Crippen molar-refractivity contribution in [3.05, 3.63) is 0 Å². The molecular weight excluding hydrogens is 174 g/mol. The molecule has 0 saturated carbocycles. The Hall–Kier alpha value is -1.31. The van der Waals surface area contributed by atoms with E-state index in [1.807, 2.05) is 0 Å². The van der Waals surface area contributed by atoms with Gasteiger partial charge in [-0.05, 0) is 0 Å². The van der Waals surface area contributed by atoms with Crippen molar-refractivity contribution in [1.29, 1.82) is 5.41 Å². The second-order valence-corrected chi connectivity index (χ2v) is 2.29. The fourth-order valence-electron chi connectivity index (χ4n) is 0.586. The van der Waals surface area contributed by atoms with E-state index in [-0.39, 0.29) is 18.1 Å². The van der Waals surface area contributed by atoms with Crippen LogP contribution in [0.4, 0.5) is 0 Å². The van der Waals surface area contributed by atoms with Crippen LogP contribution in [0.5, 0.6) is 0 Å². The summed E-state index contributed by atoms with van der Waals surface area (Å²) < 4.78 is 0. The molecule has 7 heteroatoms. The Kier molecular flexibility index (Phi) is 4.82. The summed E-state index contributed by atoms with van der Waals surface area (Å²) in [6, 6.07) is -1.17. The van der Waals surface area contributed by atoms with Gasteiger partial charge in [-0.15, -0.1) is 0 Å². The van der Waals surface area contributed by atoms with Crippen LogP contribution in [0.1, 0.15) is 0 Å². The van der Waals surface area contributed by atoms with Crippen molar-refractivity contribution in [3.8, 4) is 0 Å². The zero-order valence-electron chi connectivity index (χ0n) is 7.03. The van der Waals surface area contributed by atoms with E-state index in [1.165, 1.54) is 0 Å². The first-order valence-electron chi connectivity index (χ1n) is 3.53. The smallest absolute Gasteiger partial charge is 0.240 e. The molecule has 1 amide bonds. The fraction of sp³-hybridized carbons (Fsp3) is 0.500. The Morgan fingerprint density at radius 1 is 1.62 bits per heavy atom. The lowest BCUT2D eigenvalue weighted by atomic mass is 10.2. The first-order valence-corrected chi connectivity index (χ1v) is 3.53. The Bertz CT molecular complexity index is 237. The maximum Gasteiger partial charge on any atom is 0.240 e. The van der Waals surface area contributed by atoms with E-state index in [0.717, 1.165) is 0 Å². The topological polar surface area (TPSA) is 152 Å². The predicted molar refractivity (Wildman–Crippen MR) is 48.5 cm³/mol. The van der Waals surface area contributed by atoms with Crippen LogP contribution in [0.3, 0.4) is 0 Å². The van der Waals surface area contributed by atoms with Gasteiger partial charge >= 0.3 is 0 Å². The fourth-order valence-corrected chi connectivity index (χ4v) is 0.586. The molecule has 74 valence electrons. The Morgan fingerprint density at radius 2 is 2.15 bits per heavy atom. The summed E-state index contributed by atoms with van der Waals surface area (Å²) >= 11 is 0. The summed E-state index contributed by atoms with van der Waals surface area (Å²) in [7, 11) is 0. The molecule has 0 rings (SSSR count). The molecule has 0 aliphatic rings. The number of rotatable bonds is 4. The first kappa shape index (κ1) is 11.7. The Balaban J connectivity index is 4.58. The number of amidine groups is 1. The number of amides is 1. The van der Waals surface area contributed by atoms with Gasteiger partial charge in [0.25, 0.3) is 0 Å². The van der Waals surface area contributed by atoms with Crippen molar-refractivity contribution in [1.82, 2.24) is 0 Å². The molecule has 0 fully saturated rings. The van der Waals surface area contributed by atoms with Crippen molar-refractivity contribution in [3.63, 3.8) is 0 Å². The molecule has 0 bridgehead atoms. The number of nitrogens with two attached hydrogens (primary N) is 3. The zero-order chi connectivity index (χ0) is 10.4. The van der Waals surface area contributed by atoms with Crippen LogP contribution in [0, 0.1) is 5.41 Å². The first-order chi connectivity index (χ1) is 6.02. The van der Waals surface area contributed by atoms with Crippen LogP contribution in [-0.2, 0) is 4.79 Å². The normalized spacial score (nSPS) is 13.9. The number of hydrogen-bond acceptors (Lipinski definition) is 5. The summed E-state index contributed by atoms with van der Waals surface area (Å²) in [6.07, 6.45) is 0. The van der Waals surface area contributed by atoms with Gasteiger partial charge in [-0.1, -0.05) is 0 Å². The molecule has 0 aromatic heterocycles. The minimum atomic E-state index is -1.17. The van der Waals surface area contributed by atoms with Crippen molar-refractivity contribution in [2.45, 2.75) is 6.04 Å². The molecule has 0 heterocycles. The third-order valence-electron chi connectivity index (χ3n) is 1.30. The van der Waals surface area contributed by atoms with E-state index in [2.05, 4.69) is 4.99 Å². The van der Waals surface area contributed by atoms with Crippen LogP contribution in [0.2, 0.25) is 0 Å². The number of carbonyl (C=O) groups excluding carboxylic acids is 1. The number of carbonyl (C=O) groups is 1.